The molecule has 0 aliphatic heterocycles. The van der Waals surface area contributed by atoms with Crippen molar-refractivity contribution < 1.29 is 8.42 Å². The lowest BCUT2D eigenvalue weighted by Crippen LogP contribution is -2.24. The molecule has 150 valence electrons. The monoisotopic (exact) mass is 429 g/mol. The van der Waals surface area contributed by atoms with Gasteiger partial charge in [0.2, 0.25) is 10.0 Å². The van der Waals surface area contributed by atoms with Crippen LogP contribution in [0.3, 0.4) is 0 Å². The molecule has 0 aromatic carbocycles. The van der Waals surface area contributed by atoms with Crippen LogP contribution < -0.4 is 10.3 Å². The standard InChI is InChI=1S/C18H27N3O3S3/c1-3-4-5-10-21-17(22)15-13-8-6-9-14(13)26-16(15)20-18(21)25-11-7-12-27(23,24)19-2/h19H,3-12H2,1-2H3. The maximum Gasteiger partial charge on any atom is 0.263 e. The van der Waals surface area contributed by atoms with Crippen molar-refractivity contribution in [2.45, 2.75) is 63.6 Å². The Hall–Kier alpha value is -0.900. The highest BCUT2D eigenvalue weighted by atomic mass is 32.2. The minimum Gasteiger partial charge on any atom is -0.287 e. The molecule has 0 radical (unpaired) electrons. The number of hydrogen-bond donors (Lipinski definition) is 1. The van der Waals surface area contributed by atoms with Crippen molar-refractivity contribution in [1.82, 2.24) is 14.3 Å². The van der Waals surface area contributed by atoms with Gasteiger partial charge in [0.25, 0.3) is 5.56 Å². The third kappa shape index (κ3) is 4.75. The summed E-state index contributed by atoms with van der Waals surface area (Å²) in [7, 11) is -1.76. The number of nitrogens with one attached hydrogen (secondary N) is 1. The van der Waals surface area contributed by atoms with Crippen molar-refractivity contribution in [1.29, 1.82) is 0 Å². The summed E-state index contributed by atoms with van der Waals surface area (Å²) in [4.78, 5) is 20.2. The van der Waals surface area contributed by atoms with Crippen LogP contribution in [0.4, 0.5) is 0 Å². The smallest absolute Gasteiger partial charge is 0.263 e. The SMILES string of the molecule is CCCCCn1c(SCCCS(=O)(=O)NC)nc2sc3c(c2c1=O)CCC3. The van der Waals surface area contributed by atoms with E-state index in [1.54, 1.807) is 11.3 Å². The van der Waals surface area contributed by atoms with Crippen LogP contribution in [-0.4, -0.2) is 36.5 Å². The number of unbranched alkanes of at least 4 members (excludes halogenated alkanes) is 2. The molecule has 0 atom stereocenters. The van der Waals surface area contributed by atoms with Crippen LogP contribution in [0.25, 0.3) is 10.2 Å². The van der Waals surface area contributed by atoms with Gasteiger partial charge in [-0.3, -0.25) is 9.36 Å². The molecule has 0 saturated heterocycles. The Morgan fingerprint density at radius 1 is 1.26 bits per heavy atom. The number of sulfonamides is 1. The fraction of sp³-hybridized carbons (Fsp3) is 0.667. The van der Waals surface area contributed by atoms with Gasteiger partial charge in [0.1, 0.15) is 4.83 Å². The van der Waals surface area contributed by atoms with E-state index in [-0.39, 0.29) is 11.3 Å². The minimum absolute atomic E-state index is 0.0841. The van der Waals surface area contributed by atoms with E-state index in [1.165, 1.54) is 29.3 Å². The van der Waals surface area contributed by atoms with Gasteiger partial charge in [-0.25, -0.2) is 18.1 Å². The van der Waals surface area contributed by atoms with E-state index in [0.717, 1.165) is 53.9 Å². The molecular formula is C18H27N3O3S3. The molecule has 0 fully saturated rings. The summed E-state index contributed by atoms with van der Waals surface area (Å²) in [5.41, 5.74) is 1.30. The highest BCUT2D eigenvalue weighted by Crippen LogP contribution is 2.35. The number of aromatic nitrogens is 2. The number of thioether (sulfide) groups is 1. The molecule has 0 spiro atoms. The van der Waals surface area contributed by atoms with Crippen LogP contribution in [0.15, 0.2) is 9.95 Å². The summed E-state index contributed by atoms with van der Waals surface area (Å²) in [6.45, 7) is 2.82. The van der Waals surface area contributed by atoms with E-state index >= 15 is 0 Å². The minimum atomic E-state index is -3.19. The molecule has 1 aliphatic carbocycles. The summed E-state index contributed by atoms with van der Waals surface area (Å²) < 4.78 is 27.3. The first-order valence-corrected chi connectivity index (χ1v) is 13.0. The average Bonchev–Trinajstić information content (AvgIpc) is 3.21. The Labute approximate surface area is 168 Å². The lowest BCUT2D eigenvalue weighted by molar-refractivity contribution is 0.542. The average molecular weight is 430 g/mol. The predicted octanol–water partition coefficient (Wildman–Crippen LogP) is 3.17. The predicted molar refractivity (Wildman–Crippen MR) is 114 cm³/mol. The Morgan fingerprint density at radius 3 is 2.81 bits per heavy atom. The third-order valence-electron chi connectivity index (χ3n) is 4.87. The van der Waals surface area contributed by atoms with Crippen LogP contribution in [0.1, 0.15) is 49.5 Å². The molecule has 1 aliphatic rings. The molecule has 0 amide bonds. The molecule has 1 N–H and O–H groups in total. The van der Waals surface area contributed by atoms with E-state index in [1.807, 2.05) is 4.57 Å². The first-order chi connectivity index (χ1) is 13.0. The van der Waals surface area contributed by atoms with Gasteiger partial charge in [0, 0.05) is 17.2 Å². The van der Waals surface area contributed by atoms with Gasteiger partial charge < -0.3 is 0 Å². The maximum absolute atomic E-state index is 13.2. The van der Waals surface area contributed by atoms with Gasteiger partial charge in [-0.05, 0) is 44.7 Å². The number of aryl methyl sites for hydroxylation is 2. The van der Waals surface area contributed by atoms with E-state index < -0.39 is 10.0 Å². The lowest BCUT2D eigenvalue weighted by Gasteiger charge is -2.12. The molecule has 3 rings (SSSR count). The second kappa shape index (κ2) is 9.07. The van der Waals surface area contributed by atoms with Crippen molar-refractivity contribution in [2.24, 2.45) is 0 Å². The summed E-state index contributed by atoms with van der Waals surface area (Å²) in [5.74, 6) is 0.712. The topological polar surface area (TPSA) is 81.1 Å². The summed E-state index contributed by atoms with van der Waals surface area (Å²) >= 11 is 3.15. The Morgan fingerprint density at radius 2 is 2.07 bits per heavy atom. The third-order valence-corrected chi connectivity index (χ3v) is 8.57. The molecule has 2 heterocycles. The highest BCUT2D eigenvalue weighted by Gasteiger charge is 2.23. The fourth-order valence-corrected chi connectivity index (χ4v) is 6.58. The summed E-state index contributed by atoms with van der Waals surface area (Å²) in [6.07, 6.45) is 6.82. The van der Waals surface area contributed by atoms with Crippen LogP contribution in [0, 0.1) is 0 Å². The van der Waals surface area contributed by atoms with Crippen LogP contribution in [0.2, 0.25) is 0 Å². The van der Waals surface area contributed by atoms with Gasteiger partial charge >= 0.3 is 0 Å². The molecule has 0 saturated carbocycles. The molecule has 6 nitrogen and oxygen atoms in total. The maximum atomic E-state index is 13.2. The first kappa shape index (κ1) is 20.8. The molecule has 0 bridgehead atoms. The quantitative estimate of drug-likeness (QED) is 0.356. The van der Waals surface area contributed by atoms with E-state index in [2.05, 4.69) is 11.6 Å². The van der Waals surface area contributed by atoms with Gasteiger partial charge in [-0.1, -0.05) is 31.5 Å². The fourth-order valence-electron chi connectivity index (χ4n) is 3.40. The number of rotatable bonds is 10. The van der Waals surface area contributed by atoms with Gasteiger partial charge in [0.05, 0.1) is 11.1 Å². The Balaban J connectivity index is 1.85. The van der Waals surface area contributed by atoms with Crippen molar-refractivity contribution in [3.05, 3.63) is 20.8 Å². The van der Waals surface area contributed by atoms with Crippen LogP contribution in [0.5, 0.6) is 0 Å². The second-order valence-electron chi connectivity index (χ2n) is 6.82. The van der Waals surface area contributed by atoms with Gasteiger partial charge in [-0.2, -0.15) is 0 Å². The van der Waals surface area contributed by atoms with Crippen LogP contribution >= 0.6 is 23.1 Å². The summed E-state index contributed by atoms with van der Waals surface area (Å²) in [6, 6.07) is 0. The largest absolute Gasteiger partial charge is 0.287 e. The van der Waals surface area contributed by atoms with E-state index in [9.17, 15) is 13.2 Å². The van der Waals surface area contributed by atoms with Gasteiger partial charge in [-0.15, -0.1) is 11.3 Å². The molecule has 9 heteroatoms. The number of fused-ring (bicyclic) bond motifs is 3. The van der Waals surface area contributed by atoms with Crippen LogP contribution in [-0.2, 0) is 29.4 Å². The number of hydrogen-bond acceptors (Lipinski definition) is 6. The zero-order valence-corrected chi connectivity index (χ0v) is 18.4. The number of thiophene rings is 1. The van der Waals surface area contributed by atoms with E-state index in [0.29, 0.717) is 18.7 Å². The van der Waals surface area contributed by atoms with Crippen molar-refractivity contribution in [2.75, 3.05) is 18.6 Å². The first-order valence-electron chi connectivity index (χ1n) is 9.56. The van der Waals surface area contributed by atoms with Crippen molar-refractivity contribution >= 4 is 43.3 Å². The Bertz CT molecular complexity index is 964. The van der Waals surface area contributed by atoms with Crippen molar-refractivity contribution in [3.63, 3.8) is 0 Å². The zero-order valence-electron chi connectivity index (χ0n) is 15.9. The molecule has 0 unspecified atom stereocenters. The van der Waals surface area contributed by atoms with Crippen molar-refractivity contribution in [3.8, 4) is 0 Å². The van der Waals surface area contributed by atoms with E-state index in [4.69, 9.17) is 4.98 Å². The zero-order chi connectivity index (χ0) is 19.4. The van der Waals surface area contributed by atoms with Gasteiger partial charge in [0.15, 0.2) is 5.16 Å². The molecule has 2 aromatic rings. The highest BCUT2D eigenvalue weighted by molar-refractivity contribution is 7.99. The molecule has 2 aromatic heterocycles. The summed E-state index contributed by atoms with van der Waals surface area (Å²) in [5, 5.41) is 1.55. The normalized spacial score (nSPS) is 14.1. The Kier molecular flexibility index (Phi) is 6.99. The lowest BCUT2D eigenvalue weighted by atomic mass is 10.2. The number of nitrogens with zero attached hydrogens (tertiary/aromatic N) is 2. The molecule has 27 heavy (non-hydrogen) atoms. The molecular weight excluding hydrogens is 402 g/mol. The second-order valence-corrected chi connectivity index (χ2v) is 11.0.